The van der Waals surface area contributed by atoms with Crippen LogP contribution < -0.4 is 0 Å². The molecule has 0 heterocycles. The van der Waals surface area contributed by atoms with E-state index in [0.717, 1.165) is 6.42 Å². The second-order valence-corrected chi connectivity index (χ2v) is 4.68. The van der Waals surface area contributed by atoms with E-state index in [1.165, 1.54) is 0 Å². The molecule has 68 valence electrons. The van der Waals surface area contributed by atoms with Gasteiger partial charge in [-0.1, -0.05) is 41.5 Å². The molecule has 0 fully saturated rings. The summed E-state index contributed by atoms with van der Waals surface area (Å²) in [6.45, 7) is 12.5. The van der Waals surface area contributed by atoms with Crippen LogP contribution in [0.1, 0.15) is 48.0 Å². The van der Waals surface area contributed by atoms with E-state index >= 15 is 0 Å². The average Bonchev–Trinajstić information content (AvgIpc) is 1.83. The molecule has 0 amide bonds. The summed E-state index contributed by atoms with van der Waals surface area (Å²) >= 11 is 0. The molecular formula is C10H22O. The lowest BCUT2D eigenvalue weighted by molar-refractivity contribution is -0.0970. The van der Waals surface area contributed by atoms with Crippen molar-refractivity contribution in [2.75, 3.05) is 0 Å². The molecular weight excluding hydrogens is 136 g/mol. The first kappa shape index (κ1) is 11.0. The smallest absolute Gasteiger partial charge is 0.0715 e. The van der Waals surface area contributed by atoms with Gasteiger partial charge in [0.15, 0.2) is 0 Å². The fraction of sp³-hybridized carbons (Fsp3) is 1.00. The normalized spacial score (nSPS) is 18.5. The Labute approximate surface area is 70.8 Å². The highest BCUT2D eigenvalue weighted by Crippen LogP contribution is 2.38. The predicted octanol–water partition coefficient (Wildman–Crippen LogP) is 2.83. The Morgan fingerprint density at radius 3 is 1.55 bits per heavy atom. The molecule has 1 heteroatoms. The lowest BCUT2D eigenvalue weighted by Gasteiger charge is -2.43. The molecule has 0 aromatic rings. The molecule has 11 heavy (non-hydrogen) atoms. The van der Waals surface area contributed by atoms with Gasteiger partial charge < -0.3 is 5.11 Å². The lowest BCUT2D eigenvalue weighted by atomic mass is 9.68. The third-order valence-electron chi connectivity index (χ3n) is 2.79. The van der Waals surface area contributed by atoms with Crippen molar-refractivity contribution in [3.8, 4) is 0 Å². The molecule has 0 aromatic carbocycles. The van der Waals surface area contributed by atoms with Gasteiger partial charge in [0.2, 0.25) is 0 Å². The maximum Gasteiger partial charge on any atom is 0.0715 e. The van der Waals surface area contributed by atoms with Gasteiger partial charge in [-0.15, -0.1) is 0 Å². The first-order valence-corrected chi connectivity index (χ1v) is 4.48. The minimum Gasteiger partial charge on any atom is -0.389 e. The van der Waals surface area contributed by atoms with Gasteiger partial charge in [0.05, 0.1) is 5.60 Å². The van der Waals surface area contributed by atoms with Crippen LogP contribution in [-0.4, -0.2) is 10.7 Å². The highest BCUT2D eigenvalue weighted by molar-refractivity contribution is 4.91. The summed E-state index contributed by atoms with van der Waals surface area (Å²) in [5.74, 6) is 0.326. The van der Waals surface area contributed by atoms with Crippen LogP contribution in [0.15, 0.2) is 0 Å². The van der Waals surface area contributed by atoms with Crippen LogP contribution >= 0.6 is 0 Å². The van der Waals surface area contributed by atoms with Crippen LogP contribution in [-0.2, 0) is 0 Å². The third-order valence-corrected chi connectivity index (χ3v) is 2.79. The van der Waals surface area contributed by atoms with Gasteiger partial charge in [0.1, 0.15) is 0 Å². The second-order valence-electron chi connectivity index (χ2n) is 4.68. The van der Waals surface area contributed by atoms with Gasteiger partial charge in [-0.3, -0.25) is 0 Å². The quantitative estimate of drug-likeness (QED) is 0.655. The molecule has 0 spiro atoms. The molecule has 0 radical (unpaired) electrons. The summed E-state index contributed by atoms with van der Waals surface area (Å²) < 4.78 is 0. The average molecular weight is 158 g/mol. The zero-order valence-electron chi connectivity index (χ0n) is 8.73. The summed E-state index contributed by atoms with van der Waals surface area (Å²) in [7, 11) is 0. The molecule has 0 bridgehead atoms. The molecule has 1 N–H and O–H groups in total. The van der Waals surface area contributed by atoms with Crippen LogP contribution in [0.4, 0.5) is 0 Å². The standard InChI is InChI=1S/C10H22O/c1-7-10(11,8(2)3)9(4,5)6/h8,11H,7H2,1-6H3. The van der Waals surface area contributed by atoms with Crippen LogP contribution in [0.5, 0.6) is 0 Å². The molecule has 0 saturated heterocycles. The summed E-state index contributed by atoms with van der Waals surface area (Å²) in [4.78, 5) is 0. The summed E-state index contributed by atoms with van der Waals surface area (Å²) in [5, 5.41) is 10.2. The van der Waals surface area contributed by atoms with Crippen molar-refractivity contribution >= 4 is 0 Å². The predicted molar refractivity (Wildman–Crippen MR) is 49.5 cm³/mol. The van der Waals surface area contributed by atoms with E-state index in [4.69, 9.17) is 0 Å². The fourth-order valence-corrected chi connectivity index (χ4v) is 1.80. The van der Waals surface area contributed by atoms with Gasteiger partial charge in [-0.05, 0) is 17.8 Å². The Morgan fingerprint density at radius 2 is 1.55 bits per heavy atom. The Kier molecular flexibility index (Phi) is 3.13. The second kappa shape index (κ2) is 3.14. The van der Waals surface area contributed by atoms with E-state index in [2.05, 4.69) is 34.6 Å². The molecule has 1 nitrogen and oxygen atoms in total. The number of hydrogen-bond donors (Lipinski definition) is 1. The molecule has 0 aliphatic carbocycles. The van der Waals surface area contributed by atoms with E-state index in [1.807, 2.05) is 6.92 Å². The highest BCUT2D eigenvalue weighted by atomic mass is 16.3. The van der Waals surface area contributed by atoms with Crippen LogP contribution in [0, 0.1) is 11.3 Å². The molecule has 1 unspecified atom stereocenters. The van der Waals surface area contributed by atoms with Crippen molar-refractivity contribution < 1.29 is 5.11 Å². The van der Waals surface area contributed by atoms with Crippen molar-refractivity contribution in [1.29, 1.82) is 0 Å². The van der Waals surface area contributed by atoms with Gasteiger partial charge in [-0.25, -0.2) is 0 Å². The van der Waals surface area contributed by atoms with Gasteiger partial charge in [0.25, 0.3) is 0 Å². The number of hydrogen-bond acceptors (Lipinski definition) is 1. The minimum absolute atomic E-state index is 0.0179. The Hall–Kier alpha value is -0.0400. The highest BCUT2D eigenvalue weighted by Gasteiger charge is 2.40. The third kappa shape index (κ3) is 1.96. The molecule has 0 aliphatic heterocycles. The van der Waals surface area contributed by atoms with Gasteiger partial charge in [-0.2, -0.15) is 0 Å². The first-order valence-electron chi connectivity index (χ1n) is 4.48. The Bertz CT molecular complexity index is 121. The molecule has 0 aromatic heterocycles. The monoisotopic (exact) mass is 158 g/mol. The fourth-order valence-electron chi connectivity index (χ4n) is 1.80. The van der Waals surface area contributed by atoms with Crippen LogP contribution in [0.25, 0.3) is 0 Å². The van der Waals surface area contributed by atoms with Crippen molar-refractivity contribution in [3.63, 3.8) is 0 Å². The van der Waals surface area contributed by atoms with E-state index in [-0.39, 0.29) is 5.41 Å². The van der Waals surface area contributed by atoms with E-state index in [9.17, 15) is 5.11 Å². The Morgan fingerprint density at radius 1 is 1.18 bits per heavy atom. The zero-order valence-corrected chi connectivity index (χ0v) is 8.73. The summed E-state index contributed by atoms with van der Waals surface area (Å²) in [6, 6.07) is 0. The van der Waals surface area contributed by atoms with Crippen LogP contribution in [0.3, 0.4) is 0 Å². The number of rotatable bonds is 2. The lowest BCUT2D eigenvalue weighted by Crippen LogP contribution is -2.46. The van der Waals surface area contributed by atoms with E-state index in [1.54, 1.807) is 0 Å². The summed E-state index contributed by atoms with van der Waals surface area (Å²) in [5.41, 5.74) is -0.539. The molecule has 0 saturated carbocycles. The largest absolute Gasteiger partial charge is 0.389 e. The zero-order chi connectivity index (χ0) is 9.28. The SMILES string of the molecule is CCC(O)(C(C)C)C(C)(C)C. The first-order chi connectivity index (χ1) is 4.75. The van der Waals surface area contributed by atoms with Crippen molar-refractivity contribution in [2.45, 2.75) is 53.6 Å². The van der Waals surface area contributed by atoms with Gasteiger partial charge in [0, 0.05) is 0 Å². The van der Waals surface area contributed by atoms with E-state index in [0.29, 0.717) is 5.92 Å². The summed E-state index contributed by atoms with van der Waals surface area (Å²) in [6.07, 6.45) is 0.828. The molecule has 0 rings (SSSR count). The Balaban J connectivity index is 4.61. The van der Waals surface area contributed by atoms with E-state index < -0.39 is 5.60 Å². The maximum atomic E-state index is 10.2. The maximum absolute atomic E-state index is 10.2. The van der Waals surface area contributed by atoms with Crippen molar-refractivity contribution in [2.24, 2.45) is 11.3 Å². The molecule has 0 aliphatic rings. The van der Waals surface area contributed by atoms with Crippen molar-refractivity contribution in [3.05, 3.63) is 0 Å². The topological polar surface area (TPSA) is 20.2 Å². The minimum atomic E-state index is -0.521. The van der Waals surface area contributed by atoms with Crippen molar-refractivity contribution in [1.82, 2.24) is 0 Å². The molecule has 1 atom stereocenters. The van der Waals surface area contributed by atoms with Gasteiger partial charge >= 0.3 is 0 Å². The van der Waals surface area contributed by atoms with Crippen LogP contribution in [0.2, 0.25) is 0 Å². The number of aliphatic hydroxyl groups is 1.